The van der Waals surface area contributed by atoms with Gasteiger partial charge in [-0.05, 0) is 0 Å². The Kier molecular flexibility index (Phi) is 1.99. The Labute approximate surface area is 56.4 Å². The molecule has 5 heteroatoms. The number of anilines is 1. The lowest BCUT2D eigenvalue weighted by Crippen LogP contribution is -1.96. The van der Waals surface area contributed by atoms with E-state index >= 15 is 0 Å². The Balaban J connectivity index is 2.61. The van der Waals surface area contributed by atoms with Gasteiger partial charge in [0.1, 0.15) is 6.61 Å². The highest BCUT2D eigenvalue weighted by Gasteiger charge is 1.95. The Morgan fingerprint density at radius 1 is 1.78 bits per heavy atom. The van der Waals surface area contributed by atoms with E-state index in [0.29, 0.717) is 11.7 Å². The van der Waals surface area contributed by atoms with Crippen LogP contribution in [0.15, 0.2) is 6.20 Å². The molecule has 0 bridgehead atoms. The van der Waals surface area contributed by atoms with Crippen LogP contribution in [0.2, 0.25) is 0 Å². The third-order valence-electron chi connectivity index (χ3n) is 0.797. The zero-order valence-corrected chi connectivity index (χ0v) is 5.52. The van der Waals surface area contributed by atoms with Crippen LogP contribution >= 0.6 is 11.3 Å². The van der Waals surface area contributed by atoms with Crippen molar-refractivity contribution in [1.29, 1.82) is 0 Å². The Hall–Kier alpha value is -0.650. The summed E-state index contributed by atoms with van der Waals surface area (Å²) in [5, 5.41) is 0.544. The average Bonchev–Trinajstić information content (AvgIpc) is 2.17. The van der Waals surface area contributed by atoms with Gasteiger partial charge in [0.25, 0.3) is 0 Å². The van der Waals surface area contributed by atoms with E-state index in [1.165, 1.54) is 11.3 Å². The second-order valence-electron chi connectivity index (χ2n) is 1.48. The summed E-state index contributed by atoms with van der Waals surface area (Å²) in [7, 11) is 0. The molecule has 1 heterocycles. The van der Waals surface area contributed by atoms with Gasteiger partial charge in [-0.2, -0.15) is 0 Å². The van der Waals surface area contributed by atoms with E-state index < -0.39 is 0 Å². The van der Waals surface area contributed by atoms with Gasteiger partial charge in [0.05, 0.1) is 4.88 Å². The first-order valence-corrected chi connectivity index (χ1v) is 3.16. The maximum absolute atomic E-state index is 5.32. The zero-order chi connectivity index (χ0) is 6.69. The van der Waals surface area contributed by atoms with Crippen molar-refractivity contribution < 1.29 is 4.84 Å². The average molecular weight is 145 g/mol. The zero-order valence-electron chi connectivity index (χ0n) is 4.70. The van der Waals surface area contributed by atoms with Crippen LogP contribution in [0.25, 0.3) is 0 Å². The standard InChI is InChI=1S/C4H7N3OS/c5-4-7-1-3(9-4)2-8-6/h1H,2,6H2,(H2,5,7). The van der Waals surface area contributed by atoms with Crippen molar-refractivity contribution >= 4 is 16.5 Å². The summed E-state index contributed by atoms with van der Waals surface area (Å²) in [6.07, 6.45) is 1.65. The number of hydrogen-bond acceptors (Lipinski definition) is 5. The van der Waals surface area contributed by atoms with Crippen molar-refractivity contribution in [3.05, 3.63) is 11.1 Å². The minimum atomic E-state index is 0.384. The van der Waals surface area contributed by atoms with Gasteiger partial charge >= 0.3 is 0 Å². The van der Waals surface area contributed by atoms with Gasteiger partial charge in [-0.3, -0.25) is 4.84 Å². The molecule has 4 nitrogen and oxygen atoms in total. The van der Waals surface area contributed by atoms with E-state index in [9.17, 15) is 0 Å². The molecule has 0 saturated heterocycles. The fourth-order valence-corrected chi connectivity index (χ4v) is 1.08. The molecule has 4 N–H and O–H groups in total. The molecular formula is C4H7N3OS. The first-order valence-electron chi connectivity index (χ1n) is 2.35. The highest BCUT2D eigenvalue weighted by atomic mass is 32.1. The van der Waals surface area contributed by atoms with Crippen molar-refractivity contribution in [3.8, 4) is 0 Å². The van der Waals surface area contributed by atoms with Gasteiger partial charge < -0.3 is 5.73 Å². The normalized spacial score (nSPS) is 9.89. The third kappa shape index (κ3) is 1.63. The van der Waals surface area contributed by atoms with Crippen LogP contribution in [0.4, 0.5) is 5.13 Å². The molecule has 0 radical (unpaired) electrons. The summed E-state index contributed by atoms with van der Waals surface area (Å²) in [5.41, 5.74) is 5.32. The van der Waals surface area contributed by atoms with Crippen molar-refractivity contribution in [1.82, 2.24) is 4.98 Å². The fraction of sp³-hybridized carbons (Fsp3) is 0.250. The van der Waals surface area contributed by atoms with E-state index in [4.69, 9.17) is 11.6 Å². The molecule has 0 aromatic carbocycles. The predicted molar refractivity (Wildman–Crippen MR) is 35.5 cm³/mol. The van der Waals surface area contributed by atoms with Crippen LogP contribution < -0.4 is 11.6 Å². The molecule has 0 amide bonds. The summed E-state index contributed by atoms with van der Waals surface area (Å²) in [5.74, 6) is 4.81. The Morgan fingerprint density at radius 2 is 2.56 bits per heavy atom. The topological polar surface area (TPSA) is 74.2 Å². The van der Waals surface area contributed by atoms with Gasteiger partial charge in [-0.25, -0.2) is 10.9 Å². The molecule has 0 fully saturated rings. The lowest BCUT2D eigenvalue weighted by atomic mass is 10.6. The minimum absolute atomic E-state index is 0.384. The van der Waals surface area contributed by atoms with Crippen LogP contribution in [-0.4, -0.2) is 4.98 Å². The van der Waals surface area contributed by atoms with Gasteiger partial charge in [-0.15, -0.1) is 0 Å². The van der Waals surface area contributed by atoms with E-state index in [2.05, 4.69) is 9.82 Å². The number of thiazole rings is 1. The molecule has 50 valence electrons. The number of rotatable bonds is 2. The molecule has 0 spiro atoms. The largest absolute Gasteiger partial charge is 0.375 e. The van der Waals surface area contributed by atoms with Crippen LogP contribution in [0.5, 0.6) is 0 Å². The summed E-state index contributed by atoms with van der Waals surface area (Å²) >= 11 is 1.37. The van der Waals surface area contributed by atoms with E-state index in [1.54, 1.807) is 6.20 Å². The van der Waals surface area contributed by atoms with Crippen LogP contribution in [0.1, 0.15) is 4.88 Å². The predicted octanol–water partition coefficient (Wildman–Crippen LogP) is 0.116. The SMILES string of the molecule is NOCc1cnc(N)s1. The molecule has 0 aliphatic carbocycles. The summed E-state index contributed by atoms with van der Waals surface area (Å²) in [4.78, 5) is 9.09. The smallest absolute Gasteiger partial charge is 0.180 e. The highest BCUT2D eigenvalue weighted by molar-refractivity contribution is 7.15. The first kappa shape index (κ1) is 6.47. The number of aromatic nitrogens is 1. The number of hydrogen-bond donors (Lipinski definition) is 2. The van der Waals surface area contributed by atoms with Crippen molar-refractivity contribution in [3.63, 3.8) is 0 Å². The number of nitrogens with two attached hydrogens (primary N) is 2. The molecule has 0 atom stereocenters. The molecule has 1 aromatic heterocycles. The molecule has 0 aliphatic heterocycles. The van der Waals surface area contributed by atoms with Crippen molar-refractivity contribution in [2.75, 3.05) is 5.73 Å². The number of nitrogen functional groups attached to an aromatic ring is 1. The number of nitrogens with zero attached hydrogens (tertiary/aromatic N) is 1. The van der Waals surface area contributed by atoms with E-state index in [0.717, 1.165) is 4.88 Å². The van der Waals surface area contributed by atoms with Gasteiger partial charge in [0.15, 0.2) is 5.13 Å². The maximum Gasteiger partial charge on any atom is 0.180 e. The van der Waals surface area contributed by atoms with E-state index in [-0.39, 0.29) is 0 Å². The summed E-state index contributed by atoms with van der Waals surface area (Å²) in [6, 6.07) is 0. The summed E-state index contributed by atoms with van der Waals surface area (Å²) in [6.45, 7) is 0.384. The van der Waals surface area contributed by atoms with E-state index in [1.807, 2.05) is 0 Å². The Bertz CT molecular complexity index is 188. The van der Waals surface area contributed by atoms with Gasteiger partial charge in [0.2, 0.25) is 0 Å². The second-order valence-corrected chi connectivity index (χ2v) is 2.62. The quantitative estimate of drug-likeness (QED) is 0.579. The van der Waals surface area contributed by atoms with Crippen molar-refractivity contribution in [2.24, 2.45) is 5.90 Å². The monoisotopic (exact) mass is 145 g/mol. The highest BCUT2D eigenvalue weighted by Crippen LogP contribution is 2.13. The molecular weight excluding hydrogens is 138 g/mol. The first-order chi connectivity index (χ1) is 4.33. The van der Waals surface area contributed by atoms with Crippen LogP contribution in [-0.2, 0) is 11.4 Å². The van der Waals surface area contributed by atoms with Crippen LogP contribution in [0, 0.1) is 0 Å². The van der Waals surface area contributed by atoms with Gasteiger partial charge in [-0.1, -0.05) is 11.3 Å². The van der Waals surface area contributed by atoms with Crippen LogP contribution in [0.3, 0.4) is 0 Å². The minimum Gasteiger partial charge on any atom is -0.375 e. The molecule has 1 rings (SSSR count). The Morgan fingerprint density at radius 3 is 3.00 bits per heavy atom. The fourth-order valence-electron chi connectivity index (χ4n) is 0.471. The summed E-state index contributed by atoms with van der Waals surface area (Å²) < 4.78 is 0. The molecule has 0 saturated carbocycles. The lowest BCUT2D eigenvalue weighted by Gasteiger charge is -1.87. The molecule has 1 aromatic rings. The lowest BCUT2D eigenvalue weighted by molar-refractivity contribution is 0.126. The third-order valence-corrected chi connectivity index (χ3v) is 1.60. The molecule has 0 unspecified atom stereocenters. The molecule has 0 aliphatic rings. The molecule has 9 heavy (non-hydrogen) atoms. The van der Waals surface area contributed by atoms with Crippen molar-refractivity contribution in [2.45, 2.75) is 6.61 Å². The van der Waals surface area contributed by atoms with Gasteiger partial charge in [0, 0.05) is 6.20 Å². The maximum atomic E-state index is 5.32. The second kappa shape index (κ2) is 2.77.